The molecule has 5 nitrogen and oxygen atoms in total. The molecule has 0 unspecified atom stereocenters. The average molecular weight is 416 g/mol. The Bertz CT molecular complexity index is 359. The highest BCUT2D eigenvalue weighted by atomic mass is 127. The number of carbonyl (C=O) groups excluding carboxylic acids is 1. The predicted octanol–water partition coefficient (Wildman–Crippen LogP) is 3.62. The Kier molecular flexibility index (Phi) is 16.6. The van der Waals surface area contributed by atoms with Gasteiger partial charge in [-0.15, -0.1) is 0 Å². The molecule has 0 fully saturated rings. The van der Waals surface area contributed by atoms with Gasteiger partial charge in [0.05, 0.1) is 6.61 Å². The largest absolute Gasteiger partial charge is 0.462 e. The quantitative estimate of drug-likeness (QED) is 0.333. The number of halogens is 1. The summed E-state index contributed by atoms with van der Waals surface area (Å²) in [6.07, 6.45) is 4.30. The maximum absolute atomic E-state index is 11.5. The van der Waals surface area contributed by atoms with E-state index in [1.807, 2.05) is 43.4 Å². The summed E-state index contributed by atoms with van der Waals surface area (Å²) in [5, 5.41) is 4.16. The van der Waals surface area contributed by atoms with Crippen LogP contribution in [0.2, 0.25) is 0 Å². The van der Waals surface area contributed by atoms with E-state index in [2.05, 4.69) is 17.7 Å². The number of rotatable bonds is 6. The fourth-order valence-corrected chi connectivity index (χ4v) is 1.75. The molecular weight excluding hydrogens is 391 g/mol. The summed E-state index contributed by atoms with van der Waals surface area (Å²) in [6, 6.07) is 0. The summed E-state index contributed by atoms with van der Waals surface area (Å²) in [4.78, 5) is 11.5. The van der Waals surface area contributed by atoms with Gasteiger partial charge in [-0.25, -0.2) is 9.48 Å². The van der Waals surface area contributed by atoms with Crippen molar-refractivity contribution in [3.8, 4) is 0 Å². The molecule has 0 bridgehead atoms. The van der Waals surface area contributed by atoms with Crippen molar-refractivity contribution in [1.29, 1.82) is 0 Å². The van der Waals surface area contributed by atoms with E-state index in [-0.39, 0.29) is 5.97 Å². The van der Waals surface area contributed by atoms with Crippen LogP contribution in [0.25, 0.3) is 0 Å². The lowest BCUT2D eigenvalue weighted by molar-refractivity contribution is 0.0523. The Morgan fingerprint density at radius 3 is 2.50 bits per heavy atom. The topological polar surface area (TPSA) is 53.4 Å². The van der Waals surface area contributed by atoms with Crippen LogP contribution in [0.5, 0.6) is 0 Å². The van der Waals surface area contributed by atoms with Gasteiger partial charge in [-0.2, -0.15) is 17.7 Å². The van der Waals surface area contributed by atoms with Gasteiger partial charge in [0.15, 0.2) is 0 Å². The van der Waals surface area contributed by atoms with Gasteiger partial charge in [0, 0.05) is 12.8 Å². The summed E-state index contributed by atoms with van der Waals surface area (Å²) in [7, 11) is 0. The molecule has 20 heavy (non-hydrogen) atoms. The van der Waals surface area contributed by atoms with Gasteiger partial charge in [0.25, 0.3) is 0 Å². The third-order valence-corrected chi connectivity index (χ3v) is 2.58. The molecule has 1 heterocycles. The monoisotopic (exact) mass is 416 g/mol. The van der Waals surface area contributed by atoms with Crippen LogP contribution in [0.1, 0.15) is 44.5 Å². The van der Waals surface area contributed by atoms with Gasteiger partial charge in [0.2, 0.25) is 0 Å². The van der Waals surface area contributed by atoms with Crippen molar-refractivity contribution in [2.24, 2.45) is 0 Å². The highest BCUT2D eigenvalue weighted by Crippen LogP contribution is 2.11. The Labute approximate surface area is 141 Å². The van der Waals surface area contributed by atoms with E-state index in [4.69, 9.17) is 9.47 Å². The zero-order valence-corrected chi connectivity index (χ0v) is 15.9. The summed E-state index contributed by atoms with van der Waals surface area (Å²) in [6.45, 7) is 9.23. The molecule has 0 atom stereocenters. The maximum Gasteiger partial charge on any atom is 0.342 e. The highest BCUT2D eigenvalue weighted by Gasteiger charge is 2.15. The molecular formula is C13H25IN2O3S. The van der Waals surface area contributed by atoms with Crippen molar-refractivity contribution in [2.45, 2.75) is 40.8 Å². The van der Waals surface area contributed by atoms with E-state index in [0.717, 1.165) is 6.42 Å². The van der Waals surface area contributed by atoms with E-state index in [0.29, 0.717) is 29.2 Å². The van der Waals surface area contributed by atoms with Gasteiger partial charge in [0.1, 0.15) is 16.0 Å². The number of nitrogens with zero attached hydrogens (tertiary/aromatic N) is 2. The molecule has 118 valence electrons. The SMILES string of the molecule is CC.CCCOCn1cc(C(=O)OCC)c(I)n1.CS. The Hall–Kier alpha value is -0.280. The molecule has 0 radical (unpaired) electrons. The summed E-state index contributed by atoms with van der Waals surface area (Å²) in [5.41, 5.74) is 0.488. The van der Waals surface area contributed by atoms with Crippen molar-refractivity contribution in [3.63, 3.8) is 0 Å². The zero-order chi connectivity index (χ0) is 16.0. The molecule has 1 rings (SSSR count). The molecule has 0 saturated heterocycles. The molecule has 0 aliphatic heterocycles. The average Bonchev–Trinajstić information content (AvgIpc) is 2.85. The van der Waals surface area contributed by atoms with Crippen molar-refractivity contribution in [2.75, 3.05) is 19.5 Å². The number of hydrogen-bond donors (Lipinski definition) is 1. The number of thiol groups is 1. The fraction of sp³-hybridized carbons (Fsp3) is 0.692. The zero-order valence-electron chi connectivity index (χ0n) is 12.9. The second kappa shape index (κ2) is 15.1. The molecule has 0 amide bonds. The molecule has 0 aliphatic rings. The van der Waals surface area contributed by atoms with Crippen molar-refractivity contribution >= 4 is 41.2 Å². The molecule has 1 aromatic rings. The fourth-order valence-electron chi connectivity index (χ4n) is 1.11. The number of ether oxygens (including phenoxy) is 2. The number of aromatic nitrogens is 2. The van der Waals surface area contributed by atoms with Gasteiger partial charge in [-0.3, -0.25) is 0 Å². The van der Waals surface area contributed by atoms with E-state index < -0.39 is 0 Å². The van der Waals surface area contributed by atoms with Crippen LogP contribution in [0, 0.1) is 3.70 Å². The molecule has 0 saturated carbocycles. The standard InChI is InChI=1S/C10H15IN2O3.C2H6.CH4S/c1-3-5-15-7-13-6-8(9(11)12-13)10(14)16-4-2;2*1-2/h6H,3-5,7H2,1-2H3;1-2H3;2H,1H3. The minimum atomic E-state index is -0.339. The van der Waals surface area contributed by atoms with E-state index in [1.165, 1.54) is 0 Å². The minimum Gasteiger partial charge on any atom is -0.462 e. The first-order valence-electron chi connectivity index (χ1n) is 6.61. The maximum atomic E-state index is 11.5. The summed E-state index contributed by atoms with van der Waals surface area (Å²) < 4.78 is 12.5. The Morgan fingerprint density at radius 2 is 2.00 bits per heavy atom. The summed E-state index contributed by atoms with van der Waals surface area (Å²) in [5.74, 6) is -0.339. The Balaban J connectivity index is 0. The van der Waals surface area contributed by atoms with Gasteiger partial charge in [-0.05, 0) is 42.2 Å². The third kappa shape index (κ3) is 8.80. The number of esters is 1. The van der Waals surface area contributed by atoms with Gasteiger partial charge in [-0.1, -0.05) is 20.8 Å². The normalized spacial score (nSPS) is 8.95. The molecule has 0 N–H and O–H groups in total. The molecule has 0 spiro atoms. The van der Waals surface area contributed by atoms with Gasteiger partial charge < -0.3 is 9.47 Å². The van der Waals surface area contributed by atoms with Crippen molar-refractivity contribution in [1.82, 2.24) is 9.78 Å². The van der Waals surface area contributed by atoms with Crippen LogP contribution >= 0.6 is 35.2 Å². The van der Waals surface area contributed by atoms with Crippen LogP contribution in [0.3, 0.4) is 0 Å². The van der Waals surface area contributed by atoms with E-state index >= 15 is 0 Å². The van der Waals surface area contributed by atoms with Gasteiger partial charge >= 0.3 is 5.97 Å². The predicted molar refractivity (Wildman–Crippen MR) is 93.4 cm³/mol. The number of hydrogen-bond acceptors (Lipinski definition) is 5. The molecule has 1 aromatic heterocycles. The molecule has 0 aliphatic carbocycles. The lowest BCUT2D eigenvalue weighted by atomic mass is 10.4. The van der Waals surface area contributed by atoms with Crippen LogP contribution in [-0.2, 0) is 16.2 Å². The number of carbonyl (C=O) groups is 1. The summed E-state index contributed by atoms with van der Waals surface area (Å²) >= 11 is 5.54. The van der Waals surface area contributed by atoms with Crippen LogP contribution < -0.4 is 0 Å². The second-order valence-corrected chi connectivity index (χ2v) is 4.15. The van der Waals surface area contributed by atoms with Crippen molar-refractivity contribution in [3.05, 3.63) is 15.5 Å². The smallest absolute Gasteiger partial charge is 0.342 e. The third-order valence-electron chi connectivity index (χ3n) is 1.78. The second-order valence-electron chi connectivity index (χ2n) is 3.13. The molecule has 0 aromatic carbocycles. The lowest BCUT2D eigenvalue weighted by Gasteiger charge is -2.01. The van der Waals surface area contributed by atoms with Crippen LogP contribution in [0.4, 0.5) is 0 Å². The first-order chi connectivity index (χ1) is 9.69. The lowest BCUT2D eigenvalue weighted by Crippen LogP contribution is -2.05. The van der Waals surface area contributed by atoms with Crippen LogP contribution in [-0.4, -0.2) is 35.2 Å². The molecule has 7 heteroatoms. The first-order valence-corrected chi connectivity index (χ1v) is 8.58. The van der Waals surface area contributed by atoms with Crippen LogP contribution in [0.15, 0.2) is 6.20 Å². The Morgan fingerprint density at radius 1 is 1.40 bits per heavy atom. The van der Waals surface area contributed by atoms with Crippen molar-refractivity contribution < 1.29 is 14.3 Å². The van der Waals surface area contributed by atoms with E-state index in [1.54, 1.807) is 24.1 Å². The minimum absolute atomic E-state index is 0.339. The van der Waals surface area contributed by atoms with E-state index in [9.17, 15) is 4.79 Å². The highest BCUT2D eigenvalue weighted by molar-refractivity contribution is 14.1. The first kappa shape index (κ1) is 22.0.